The Hall–Kier alpha value is -4.24. The molecule has 3 aliphatic heterocycles. The summed E-state index contributed by atoms with van der Waals surface area (Å²) in [4.78, 5) is 5.09. The lowest BCUT2D eigenvalue weighted by Crippen LogP contribution is -2.59. The first-order valence-corrected chi connectivity index (χ1v) is 15.6. The Labute approximate surface area is 250 Å². The molecule has 3 aliphatic rings. The zero-order valence-corrected chi connectivity index (χ0v) is 25.4. The Kier molecular flexibility index (Phi) is 5.54. The van der Waals surface area contributed by atoms with Crippen molar-refractivity contribution in [1.82, 2.24) is 0 Å². The van der Waals surface area contributed by atoms with Crippen LogP contribution in [0.5, 0.6) is 0 Å². The van der Waals surface area contributed by atoms with Gasteiger partial charge >= 0.3 is 0 Å². The van der Waals surface area contributed by atoms with E-state index in [2.05, 4.69) is 148 Å². The van der Waals surface area contributed by atoms with E-state index in [-0.39, 0.29) is 6.71 Å². The summed E-state index contributed by atoms with van der Waals surface area (Å²) in [7, 11) is 0. The second-order valence-electron chi connectivity index (χ2n) is 13.2. The molecule has 42 heavy (non-hydrogen) atoms. The SMILES string of the molecule is CC(C)c1ccc(N2c3cccc4c3B3c5c-4cccc5N(c4ccc(C(C)C)cc4)c4cc(C(C)C)cc2c43)cc1. The molecule has 0 amide bonds. The van der Waals surface area contributed by atoms with Gasteiger partial charge in [-0.25, -0.2) is 0 Å². The molecular formula is C39H37BN2. The van der Waals surface area contributed by atoms with Crippen LogP contribution >= 0.6 is 0 Å². The van der Waals surface area contributed by atoms with E-state index in [1.807, 2.05) is 0 Å². The number of benzene rings is 5. The summed E-state index contributed by atoms with van der Waals surface area (Å²) in [6, 6.07) is 37.3. The number of hydrogen-bond acceptors (Lipinski definition) is 2. The van der Waals surface area contributed by atoms with Crippen LogP contribution in [0, 0.1) is 0 Å². The van der Waals surface area contributed by atoms with E-state index in [9.17, 15) is 0 Å². The highest BCUT2D eigenvalue weighted by atomic mass is 15.2. The number of nitrogens with zero attached hydrogens (tertiary/aromatic N) is 2. The predicted molar refractivity (Wildman–Crippen MR) is 182 cm³/mol. The maximum atomic E-state index is 2.54. The van der Waals surface area contributed by atoms with Crippen LogP contribution < -0.4 is 26.2 Å². The standard InChI is InChI=1S/C39H37BN2/c1-23(2)26-13-17-29(18-14-26)41-33-11-7-9-31-32-10-8-12-34-38(32)40(37(31)33)39-35(41)21-28(25(5)6)22-36(39)42(34)30-19-15-27(16-20-30)24(3)4/h7-25H,1-6H3. The van der Waals surface area contributed by atoms with E-state index in [1.54, 1.807) is 0 Å². The topological polar surface area (TPSA) is 6.48 Å². The minimum atomic E-state index is 0.242. The monoisotopic (exact) mass is 544 g/mol. The maximum Gasteiger partial charge on any atom is 0.253 e. The fourth-order valence-corrected chi connectivity index (χ4v) is 7.48. The van der Waals surface area contributed by atoms with Crippen molar-refractivity contribution in [3.63, 3.8) is 0 Å². The first-order valence-electron chi connectivity index (χ1n) is 15.6. The lowest BCUT2D eigenvalue weighted by Gasteiger charge is -2.43. The number of hydrogen-bond donors (Lipinski definition) is 0. The quantitative estimate of drug-likeness (QED) is 0.199. The summed E-state index contributed by atoms with van der Waals surface area (Å²) < 4.78 is 0. The molecule has 0 aliphatic carbocycles. The molecule has 0 unspecified atom stereocenters. The van der Waals surface area contributed by atoms with Crippen LogP contribution in [-0.4, -0.2) is 6.71 Å². The van der Waals surface area contributed by atoms with Crippen molar-refractivity contribution in [2.24, 2.45) is 0 Å². The first-order chi connectivity index (χ1) is 20.3. The van der Waals surface area contributed by atoms with Gasteiger partial charge < -0.3 is 9.80 Å². The third-order valence-electron chi connectivity index (χ3n) is 9.75. The van der Waals surface area contributed by atoms with Gasteiger partial charge in [-0.1, -0.05) is 90.1 Å². The highest BCUT2D eigenvalue weighted by Crippen LogP contribution is 2.49. The molecule has 3 heterocycles. The minimum absolute atomic E-state index is 0.242. The van der Waals surface area contributed by atoms with E-state index in [0.717, 1.165) is 0 Å². The van der Waals surface area contributed by atoms with Crippen LogP contribution in [0.15, 0.2) is 97.1 Å². The molecule has 0 spiro atoms. The van der Waals surface area contributed by atoms with Crippen LogP contribution in [0.3, 0.4) is 0 Å². The zero-order valence-electron chi connectivity index (χ0n) is 25.4. The van der Waals surface area contributed by atoms with E-state index >= 15 is 0 Å². The molecule has 0 N–H and O–H groups in total. The molecular weight excluding hydrogens is 507 g/mol. The second-order valence-corrected chi connectivity index (χ2v) is 13.2. The molecule has 0 atom stereocenters. The number of anilines is 6. The summed E-state index contributed by atoms with van der Waals surface area (Å²) in [6.45, 7) is 13.9. The Morgan fingerprint density at radius 1 is 0.429 bits per heavy atom. The van der Waals surface area contributed by atoms with Crippen LogP contribution in [-0.2, 0) is 0 Å². The van der Waals surface area contributed by atoms with Gasteiger partial charge in [-0.05, 0) is 110 Å². The fraction of sp³-hybridized carbons (Fsp3) is 0.231. The minimum Gasteiger partial charge on any atom is -0.311 e. The van der Waals surface area contributed by atoms with Gasteiger partial charge in [0.05, 0.1) is 0 Å². The van der Waals surface area contributed by atoms with Gasteiger partial charge in [0, 0.05) is 34.1 Å². The average Bonchev–Trinajstić information content (AvgIpc) is 3.34. The predicted octanol–water partition coefficient (Wildman–Crippen LogP) is 9.12. The molecule has 0 aromatic heterocycles. The Morgan fingerprint density at radius 2 is 0.833 bits per heavy atom. The van der Waals surface area contributed by atoms with Gasteiger partial charge in [0.1, 0.15) is 0 Å². The largest absolute Gasteiger partial charge is 0.311 e. The molecule has 2 nitrogen and oxygen atoms in total. The van der Waals surface area contributed by atoms with Crippen molar-refractivity contribution >= 4 is 57.2 Å². The number of rotatable bonds is 5. The van der Waals surface area contributed by atoms with Gasteiger partial charge in [-0.2, -0.15) is 0 Å². The van der Waals surface area contributed by atoms with Crippen molar-refractivity contribution < 1.29 is 0 Å². The lowest BCUT2D eigenvalue weighted by molar-refractivity contribution is 0.864. The molecule has 0 radical (unpaired) electrons. The van der Waals surface area contributed by atoms with Crippen LogP contribution in [0.1, 0.15) is 76.0 Å². The molecule has 206 valence electrons. The Morgan fingerprint density at radius 3 is 1.21 bits per heavy atom. The molecule has 8 rings (SSSR count). The molecule has 5 aromatic carbocycles. The van der Waals surface area contributed by atoms with Crippen LogP contribution in [0.4, 0.5) is 34.1 Å². The van der Waals surface area contributed by atoms with E-state index in [1.165, 1.54) is 78.3 Å². The third-order valence-corrected chi connectivity index (χ3v) is 9.75. The molecule has 0 fully saturated rings. The summed E-state index contributed by atoms with van der Waals surface area (Å²) in [5.41, 5.74) is 18.9. The molecule has 0 saturated carbocycles. The molecule has 5 aromatic rings. The summed E-state index contributed by atoms with van der Waals surface area (Å²) in [5.74, 6) is 1.42. The highest BCUT2D eigenvalue weighted by molar-refractivity contribution is 7.03. The smallest absolute Gasteiger partial charge is 0.253 e. The van der Waals surface area contributed by atoms with Crippen molar-refractivity contribution in [2.45, 2.75) is 59.3 Å². The Balaban J connectivity index is 1.46. The molecule has 0 saturated heterocycles. The van der Waals surface area contributed by atoms with Gasteiger partial charge in [-0.3, -0.25) is 0 Å². The maximum absolute atomic E-state index is 2.54. The third kappa shape index (κ3) is 3.46. The van der Waals surface area contributed by atoms with Gasteiger partial charge in [0.2, 0.25) is 0 Å². The van der Waals surface area contributed by atoms with Gasteiger partial charge in [0.25, 0.3) is 6.71 Å². The average molecular weight is 545 g/mol. The van der Waals surface area contributed by atoms with Crippen molar-refractivity contribution in [3.8, 4) is 11.1 Å². The summed E-state index contributed by atoms with van der Waals surface area (Å²) in [5, 5.41) is 0. The van der Waals surface area contributed by atoms with Crippen LogP contribution in [0.2, 0.25) is 0 Å². The molecule has 3 heteroatoms. The lowest BCUT2D eigenvalue weighted by atomic mass is 9.35. The van der Waals surface area contributed by atoms with E-state index < -0.39 is 0 Å². The van der Waals surface area contributed by atoms with Gasteiger partial charge in [0.15, 0.2) is 0 Å². The summed E-state index contributed by atoms with van der Waals surface area (Å²) in [6.07, 6.45) is 0. The fourth-order valence-electron chi connectivity index (χ4n) is 7.48. The zero-order chi connectivity index (χ0) is 28.9. The van der Waals surface area contributed by atoms with Crippen molar-refractivity contribution in [3.05, 3.63) is 114 Å². The number of fused-ring (bicyclic) bond motifs is 1. The summed E-state index contributed by atoms with van der Waals surface area (Å²) >= 11 is 0. The molecule has 0 bridgehead atoms. The van der Waals surface area contributed by atoms with E-state index in [0.29, 0.717) is 17.8 Å². The highest BCUT2D eigenvalue weighted by Gasteiger charge is 2.49. The van der Waals surface area contributed by atoms with Crippen molar-refractivity contribution in [2.75, 3.05) is 9.80 Å². The second kappa shape index (κ2) is 9.13. The first kappa shape index (κ1) is 25.5. The normalized spacial score (nSPS) is 14.0. The Bertz CT molecular complexity index is 1730. The van der Waals surface area contributed by atoms with E-state index in [4.69, 9.17) is 0 Å². The van der Waals surface area contributed by atoms with Crippen molar-refractivity contribution in [1.29, 1.82) is 0 Å². The van der Waals surface area contributed by atoms with Gasteiger partial charge in [-0.15, -0.1) is 0 Å². The van der Waals surface area contributed by atoms with Crippen LogP contribution in [0.25, 0.3) is 11.1 Å².